The Morgan fingerprint density at radius 3 is 2.68 bits per heavy atom. The number of nitrogens with zero attached hydrogens (tertiary/aromatic N) is 2. The van der Waals surface area contributed by atoms with Gasteiger partial charge in [-0.05, 0) is 62.3 Å². The van der Waals surface area contributed by atoms with Crippen LogP contribution < -0.4 is 5.32 Å². The molecule has 28 heavy (non-hydrogen) atoms. The number of nitrogens with one attached hydrogen (secondary N) is 1. The summed E-state index contributed by atoms with van der Waals surface area (Å²) in [6.07, 6.45) is -0.707. The monoisotopic (exact) mass is 395 g/mol. The van der Waals surface area contributed by atoms with E-state index in [4.69, 9.17) is 0 Å². The maximum Gasteiger partial charge on any atom is 0.393 e. The molecule has 0 radical (unpaired) electrons. The molecule has 5 nitrogen and oxygen atoms in total. The number of carbonyl (C=O) groups excluding carboxylic acids is 2. The molecular weight excluding hydrogens is 371 g/mol. The zero-order valence-electron chi connectivity index (χ0n) is 15.8. The fraction of sp³-hybridized carbons (Fsp3) is 0.600. The predicted molar refractivity (Wildman–Crippen MR) is 96.4 cm³/mol. The van der Waals surface area contributed by atoms with Gasteiger partial charge in [-0.2, -0.15) is 13.2 Å². The van der Waals surface area contributed by atoms with Crippen molar-refractivity contribution in [3.63, 3.8) is 0 Å². The number of piperidine rings is 1. The molecular formula is C20H24F3N3O2. The number of rotatable bonds is 3. The van der Waals surface area contributed by atoms with Gasteiger partial charge in [0.25, 0.3) is 5.91 Å². The number of benzene rings is 1. The largest absolute Gasteiger partial charge is 0.393 e. The Balaban J connectivity index is 1.51. The molecule has 1 aliphatic carbocycles. The van der Waals surface area contributed by atoms with Gasteiger partial charge in [-0.15, -0.1) is 0 Å². The van der Waals surface area contributed by atoms with Crippen LogP contribution in [0.15, 0.2) is 18.2 Å². The molecule has 8 heteroatoms. The Kier molecular flexibility index (Phi) is 4.64. The van der Waals surface area contributed by atoms with Crippen molar-refractivity contribution in [1.82, 2.24) is 15.1 Å². The van der Waals surface area contributed by atoms with Crippen molar-refractivity contribution in [2.45, 2.75) is 50.7 Å². The molecule has 0 bridgehead atoms. The van der Waals surface area contributed by atoms with Gasteiger partial charge >= 0.3 is 12.2 Å². The van der Waals surface area contributed by atoms with Crippen LogP contribution in [0, 0.1) is 5.92 Å². The standard InChI is InChI=1S/C20H24F3N3O2/c1-19(15-8-7-13-4-2-5-14(13)10-15)17(27)26(18(28)24-19)12-25-9-3-6-16(11-25)20(21,22)23/h7-8,10,16H,2-6,9,11-12H2,1H3,(H,24,28)/t16-,19+/m0/s1. The highest BCUT2D eigenvalue weighted by Gasteiger charge is 2.50. The maximum absolute atomic E-state index is 13.1. The summed E-state index contributed by atoms with van der Waals surface area (Å²) >= 11 is 0. The van der Waals surface area contributed by atoms with Crippen molar-refractivity contribution in [3.8, 4) is 0 Å². The van der Waals surface area contributed by atoms with Crippen LogP contribution in [0.4, 0.5) is 18.0 Å². The first kappa shape index (κ1) is 19.2. The van der Waals surface area contributed by atoms with E-state index in [2.05, 4.69) is 5.32 Å². The third-order valence-corrected chi connectivity index (χ3v) is 6.26. The normalized spacial score (nSPS) is 28.6. The SMILES string of the molecule is C[C@]1(c2ccc3c(c2)CCC3)NC(=O)N(CN2CCC[C@H](C(F)(F)F)C2)C1=O. The number of hydrogen-bond donors (Lipinski definition) is 1. The van der Waals surface area contributed by atoms with Gasteiger partial charge in [0.1, 0.15) is 5.54 Å². The third-order valence-electron chi connectivity index (χ3n) is 6.26. The van der Waals surface area contributed by atoms with Gasteiger partial charge in [0.15, 0.2) is 0 Å². The molecule has 1 aromatic carbocycles. The molecule has 0 saturated carbocycles. The quantitative estimate of drug-likeness (QED) is 0.800. The van der Waals surface area contributed by atoms with Crippen LogP contribution in [0.1, 0.15) is 42.9 Å². The number of fused-ring (bicyclic) bond motifs is 1. The maximum atomic E-state index is 13.1. The summed E-state index contributed by atoms with van der Waals surface area (Å²) in [5, 5.41) is 2.76. The Bertz CT molecular complexity index is 810. The predicted octanol–water partition coefficient (Wildman–Crippen LogP) is 3.17. The summed E-state index contributed by atoms with van der Waals surface area (Å²) < 4.78 is 39.1. The average molecular weight is 395 g/mol. The number of amides is 3. The third kappa shape index (κ3) is 3.27. The number of imide groups is 1. The first-order chi connectivity index (χ1) is 13.2. The second-order valence-corrected chi connectivity index (χ2v) is 8.22. The molecule has 3 aliphatic rings. The highest BCUT2D eigenvalue weighted by molar-refractivity contribution is 6.07. The van der Waals surface area contributed by atoms with Crippen LogP contribution in [0.25, 0.3) is 0 Å². The number of hydrogen-bond acceptors (Lipinski definition) is 3. The van der Waals surface area contributed by atoms with Crippen LogP contribution in [0.2, 0.25) is 0 Å². The first-order valence-electron chi connectivity index (χ1n) is 9.74. The van der Waals surface area contributed by atoms with Gasteiger partial charge in [-0.1, -0.05) is 18.2 Å². The number of carbonyl (C=O) groups is 2. The second kappa shape index (κ2) is 6.76. The molecule has 2 heterocycles. The van der Waals surface area contributed by atoms with Crippen LogP contribution >= 0.6 is 0 Å². The summed E-state index contributed by atoms with van der Waals surface area (Å²) in [6, 6.07) is 5.29. The van der Waals surface area contributed by atoms with E-state index in [1.807, 2.05) is 18.2 Å². The number of urea groups is 1. The summed E-state index contributed by atoms with van der Waals surface area (Å²) in [7, 11) is 0. The van der Waals surface area contributed by atoms with E-state index in [1.165, 1.54) is 11.1 Å². The number of aryl methyl sites for hydroxylation is 2. The molecule has 3 amide bonds. The fourth-order valence-electron chi connectivity index (χ4n) is 4.56. The van der Waals surface area contributed by atoms with Gasteiger partial charge in [0.2, 0.25) is 0 Å². The Labute approximate surface area is 161 Å². The summed E-state index contributed by atoms with van der Waals surface area (Å²) in [5.74, 6) is -1.82. The lowest BCUT2D eigenvalue weighted by Gasteiger charge is -2.35. The molecule has 0 unspecified atom stereocenters. The number of alkyl halides is 3. The van der Waals surface area contributed by atoms with E-state index in [-0.39, 0.29) is 19.6 Å². The minimum Gasteiger partial charge on any atom is -0.319 e. The molecule has 2 saturated heterocycles. The highest BCUT2D eigenvalue weighted by Crippen LogP contribution is 2.35. The first-order valence-corrected chi connectivity index (χ1v) is 9.74. The summed E-state index contributed by atoms with van der Waals surface area (Å²) in [6.45, 7) is 1.81. The fourth-order valence-corrected chi connectivity index (χ4v) is 4.56. The Hall–Kier alpha value is -2.09. The minimum atomic E-state index is -4.26. The van der Waals surface area contributed by atoms with E-state index in [1.54, 1.807) is 11.8 Å². The van der Waals surface area contributed by atoms with E-state index >= 15 is 0 Å². The summed E-state index contributed by atoms with van der Waals surface area (Å²) in [4.78, 5) is 28.2. The molecule has 2 aliphatic heterocycles. The Morgan fingerprint density at radius 1 is 1.18 bits per heavy atom. The van der Waals surface area contributed by atoms with Gasteiger partial charge in [-0.25, -0.2) is 9.69 Å². The smallest absolute Gasteiger partial charge is 0.319 e. The van der Waals surface area contributed by atoms with Gasteiger partial charge < -0.3 is 5.32 Å². The zero-order chi connectivity index (χ0) is 20.1. The lowest BCUT2D eigenvalue weighted by Crippen LogP contribution is -2.49. The minimum absolute atomic E-state index is 0.0903. The van der Waals surface area contributed by atoms with Gasteiger partial charge in [-0.3, -0.25) is 9.69 Å². The van der Waals surface area contributed by atoms with Crippen molar-refractivity contribution in [2.24, 2.45) is 5.92 Å². The number of halogens is 3. The molecule has 2 atom stereocenters. The van der Waals surface area contributed by atoms with Crippen molar-refractivity contribution in [3.05, 3.63) is 34.9 Å². The highest BCUT2D eigenvalue weighted by atomic mass is 19.4. The zero-order valence-corrected chi connectivity index (χ0v) is 15.8. The van der Waals surface area contributed by atoms with Crippen LogP contribution in [0.3, 0.4) is 0 Å². The van der Waals surface area contributed by atoms with Crippen molar-refractivity contribution >= 4 is 11.9 Å². The van der Waals surface area contributed by atoms with E-state index < -0.39 is 29.6 Å². The van der Waals surface area contributed by atoms with Crippen LogP contribution in [0.5, 0.6) is 0 Å². The molecule has 1 aromatic rings. The van der Waals surface area contributed by atoms with E-state index in [0.29, 0.717) is 13.0 Å². The number of likely N-dealkylation sites (tertiary alicyclic amines) is 1. The topological polar surface area (TPSA) is 52.7 Å². The van der Waals surface area contributed by atoms with E-state index in [0.717, 1.165) is 29.7 Å². The Morgan fingerprint density at radius 2 is 1.93 bits per heavy atom. The molecule has 4 rings (SSSR count). The van der Waals surface area contributed by atoms with Crippen molar-refractivity contribution < 1.29 is 22.8 Å². The summed E-state index contributed by atoms with van der Waals surface area (Å²) in [5.41, 5.74) is 2.00. The van der Waals surface area contributed by atoms with Crippen molar-refractivity contribution in [2.75, 3.05) is 19.8 Å². The lowest BCUT2D eigenvalue weighted by molar-refractivity contribution is -0.187. The van der Waals surface area contributed by atoms with Gasteiger partial charge in [0, 0.05) is 6.54 Å². The average Bonchev–Trinajstić information content (AvgIpc) is 3.20. The molecule has 0 spiro atoms. The second-order valence-electron chi connectivity index (χ2n) is 8.22. The van der Waals surface area contributed by atoms with Crippen LogP contribution in [-0.2, 0) is 23.2 Å². The lowest BCUT2D eigenvalue weighted by atomic mass is 9.90. The van der Waals surface area contributed by atoms with Crippen molar-refractivity contribution in [1.29, 1.82) is 0 Å². The molecule has 2 fully saturated rings. The molecule has 152 valence electrons. The molecule has 0 aromatic heterocycles. The van der Waals surface area contributed by atoms with E-state index in [9.17, 15) is 22.8 Å². The molecule has 1 N–H and O–H groups in total. The van der Waals surface area contributed by atoms with Gasteiger partial charge in [0.05, 0.1) is 12.6 Å². The van der Waals surface area contributed by atoms with Crippen LogP contribution in [-0.4, -0.2) is 47.7 Å².